The van der Waals surface area contributed by atoms with E-state index in [0.29, 0.717) is 23.3 Å². The highest BCUT2D eigenvalue weighted by Gasteiger charge is 2.59. The van der Waals surface area contributed by atoms with E-state index in [4.69, 9.17) is 0 Å². The SMILES string of the molecule is Cl.O=C(C1CC12CCNCC2)N(CCO)CC12CC3CC(CC(C3)C1)C2. The zero-order chi connectivity index (χ0) is 17.1. The van der Waals surface area contributed by atoms with Gasteiger partial charge in [-0.05, 0) is 99.5 Å². The summed E-state index contributed by atoms with van der Waals surface area (Å²) < 4.78 is 0. The van der Waals surface area contributed by atoms with Crippen molar-refractivity contribution in [3.8, 4) is 0 Å². The molecule has 1 spiro atoms. The second-order valence-electron chi connectivity index (χ2n) is 10.3. The zero-order valence-electron chi connectivity index (χ0n) is 15.9. The van der Waals surface area contributed by atoms with Crippen molar-refractivity contribution in [2.45, 2.75) is 57.8 Å². The average molecular weight is 383 g/mol. The van der Waals surface area contributed by atoms with Crippen molar-refractivity contribution in [1.82, 2.24) is 10.2 Å². The van der Waals surface area contributed by atoms with Crippen molar-refractivity contribution in [2.75, 3.05) is 32.8 Å². The minimum atomic E-state index is 0. The van der Waals surface area contributed by atoms with Gasteiger partial charge in [0.15, 0.2) is 0 Å². The van der Waals surface area contributed by atoms with Crippen LogP contribution in [0, 0.1) is 34.5 Å². The molecule has 6 rings (SSSR count). The molecule has 0 aromatic carbocycles. The topological polar surface area (TPSA) is 52.6 Å². The fourth-order valence-corrected chi connectivity index (χ4v) is 7.67. The van der Waals surface area contributed by atoms with Gasteiger partial charge in [0.25, 0.3) is 0 Å². The van der Waals surface area contributed by atoms with Gasteiger partial charge in [0.1, 0.15) is 0 Å². The summed E-state index contributed by atoms with van der Waals surface area (Å²) in [6, 6.07) is 0. The predicted molar refractivity (Wildman–Crippen MR) is 104 cm³/mol. The van der Waals surface area contributed by atoms with E-state index in [2.05, 4.69) is 10.2 Å². The molecular formula is C21H35ClN2O2. The molecule has 1 unspecified atom stereocenters. The molecule has 1 atom stereocenters. The van der Waals surface area contributed by atoms with Crippen molar-refractivity contribution < 1.29 is 9.90 Å². The van der Waals surface area contributed by atoms with Gasteiger partial charge >= 0.3 is 0 Å². The number of amides is 1. The lowest BCUT2D eigenvalue weighted by Crippen LogP contribution is -2.53. The summed E-state index contributed by atoms with van der Waals surface area (Å²) in [5, 5.41) is 13.0. The molecule has 5 saturated carbocycles. The first kappa shape index (κ1) is 19.0. The monoisotopic (exact) mass is 382 g/mol. The Morgan fingerprint density at radius 2 is 1.58 bits per heavy atom. The van der Waals surface area contributed by atoms with E-state index in [1.807, 2.05) is 0 Å². The first-order valence-electron chi connectivity index (χ1n) is 10.7. The summed E-state index contributed by atoms with van der Waals surface area (Å²) in [5.74, 6) is 3.39. The number of hydrogen-bond acceptors (Lipinski definition) is 3. The number of aliphatic hydroxyl groups excluding tert-OH is 1. The number of nitrogens with zero attached hydrogens (tertiary/aromatic N) is 1. The summed E-state index contributed by atoms with van der Waals surface area (Å²) >= 11 is 0. The van der Waals surface area contributed by atoms with Crippen molar-refractivity contribution >= 4 is 18.3 Å². The summed E-state index contributed by atoms with van der Waals surface area (Å²) in [6.45, 7) is 3.73. The normalized spacial score (nSPS) is 41.7. The molecule has 5 aliphatic carbocycles. The minimum Gasteiger partial charge on any atom is -0.395 e. The summed E-state index contributed by atoms with van der Waals surface area (Å²) in [4.78, 5) is 15.4. The molecule has 4 bridgehead atoms. The van der Waals surface area contributed by atoms with Gasteiger partial charge in [-0.25, -0.2) is 0 Å². The Bertz CT molecular complexity index is 511. The average Bonchev–Trinajstić information content (AvgIpc) is 3.26. The predicted octanol–water partition coefficient (Wildman–Crippen LogP) is 2.84. The molecule has 0 radical (unpaired) electrons. The molecule has 1 heterocycles. The van der Waals surface area contributed by atoms with Gasteiger partial charge in [-0.1, -0.05) is 0 Å². The van der Waals surface area contributed by atoms with E-state index in [9.17, 15) is 9.90 Å². The van der Waals surface area contributed by atoms with Crippen molar-refractivity contribution in [3.05, 3.63) is 0 Å². The number of rotatable bonds is 5. The molecule has 0 aromatic rings. The highest BCUT2D eigenvalue weighted by molar-refractivity contribution is 5.85. The highest BCUT2D eigenvalue weighted by atomic mass is 35.5. The fraction of sp³-hybridized carbons (Fsp3) is 0.952. The van der Waals surface area contributed by atoms with E-state index in [1.165, 1.54) is 38.5 Å². The molecule has 6 aliphatic rings. The molecule has 2 N–H and O–H groups in total. The van der Waals surface area contributed by atoms with Crippen molar-refractivity contribution in [1.29, 1.82) is 0 Å². The molecule has 5 heteroatoms. The molecule has 4 nitrogen and oxygen atoms in total. The lowest BCUT2D eigenvalue weighted by Gasteiger charge is -2.58. The first-order valence-corrected chi connectivity index (χ1v) is 10.7. The Morgan fingerprint density at radius 1 is 1.00 bits per heavy atom. The van der Waals surface area contributed by atoms with Crippen LogP contribution in [-0.2, 0) is 4.79 Å². The Balaban J connectivity index is 0.00000168. The van der Waals surface area contributed by atoms with Gasteiger partial charge in [0.2, 0.25) is 5.91 Å². The Hall–Kier alpha value is -0.320. The lowest BCUT2D eigenvalue weighted by atomic mass is 9.49. The first-order chi connectivity index (χ1) is 12.1. The third-order valence-electron chi connectivity index (χ3n) is 8.46. The summed E-state index contributed by atoms with van der Waals surface area (Å²) in [5.41, 5.74) is 0.688. The van der Waals surface area contributed by atoms with Crippen LogP contribution in [0.3, 0.4) is 0 Å². The van der Waals surface area contributed by atoms with Crippen LogP contribution in [0.25, 0.3) is 0 Å². The second kappa shape index (κ2) is 6.93. The third-order valence-corrected chi connectivity index (χ3v) is 8.46. The number of hydrogen-bond donors (Lipinski definition) is 2. The smallest absolute Gasteiger partial charge is 0.226 e. The minimum absolute atomic E-state index is 0. The molecule has 148 valence electrons. The van der Waals surface area contributed by atoms with Crippen LogP contribution < -0.4 is 5.32 Å². The zero-order valence-corrected chi connectivity index (χ0v) is 16.7. The fourth-order valence-electron chi connectivity index (χ4n) is 7.67. The third kappa shape index (κ3) is 3.20. The lowest BCUT2D eigenvalue weighted by molar-refractivity contribution is -0.140. The van der Waals surface area contributed by atoms with Gasteiger partial charge in [0.05, 0.1) is 6.61 Å². The number of aliphatic hydroxyl groups is 1. The maximum atomic E-state index is 13.3. The van der Waals surface area contributed by atoms with Crippen LogP contribution in [0.15, 0.2) is 0 Å². The number of halogens is 1. The van der Waals surface area contributed by atoms with E-state index < -0.39 is 0 Å². The molecule has 1 aliphatic heterocycles. The molecule has 1 saturated heterocycles. The van der Waals surface area contributed by atoms with Crippen LogP contribution >= 0.6 is 12.4 Å². The summed E-state index contributed by atoms with van der Waals surface area (Å²) in [7, 11) is 0. The van der Waals surface area contributed by atoms with E-state index >= 15 is 0 Å². The number of nitrogens with one attached hydrogen (secondary N) is 1. The number of carbonyl (C=O) groups is 1. The van der Waals surface area contributed by atoms with E-state index in [0.717, 1.165) is 56.7 Å². The van der Waals surface area contributed by atoms with Crippen molar-refractivity contribution in [3.63, 3.8) is 0 Å². The number of piperidine rings is 1. The molecule has 6 fully saturated rings. The largest absolute Gasteiger partial charge is 0.395 e. The van der Waals surface area contributed by atoms with Crippen LogP contribution in [0.1, 0.15) is 57.8 Å². The van der Waals surface area contributed by atoms with Gasteiger partial charge in [0, 0.05) is 19.0 Å². The maximum Gasteiger partial charge on any atom is 0.226 e. The Morgan fingerprint density at radius 3 is 2.12 bits per heavy atom. The summed E-state index contributed by atoms with van der Waals surface area (Å²) in [6.07, 6.45) is 11.8. The Kier molecular flexibility index (Phi) is 5.07. The standard InChI is InChI=1S/C21H34N2O2.ClH/c24-6-5-23(19(25)18-13-21(18)1-3-22-4-2-21)14-20-10-15-7-16(11-20)9-17(8-15)12-20;/h15-18,22,24H,1-14H2;1H. The highest BCUT2D eigenvalue weighted by Crippen LogP contribution is 2.62. The van der Waals surface area contributed by atoms with Gasteiger partial charge in [-0.15, -0.1) is 12.4 Å². The number of carbonyl (C=O) groups excluding carboxylic acids is 1. The van der Waals surface area contributed by atoms with E-state index in [1.54, 1.807) is 0 Å². The van der Waals surface area contributed by atoms with Gasteiger partial charge < -0.3 is 15.3 Å². The second-order valence-corrected chi connectivity index (χ2v) is 10.3. The molecule has 1 amide bonds. The van der Waals surface area contributed by atoms with E-state index in [-0.39, 0.29) is 24.9 Å². The quantitative estimate of drug-likeness (QED) is 0.768. The maximum absolute atomic E-state index is 13.3. The van der Waals surface area contributed by atoms with Gasteiger partial charge in [-0.3, -0.25) is 4.79 Å². The van der Waals surface area contributed by atoms with Crippen molar-refractivity contribution in [2.24, 2.45) is 34.5 Å². The van der Waals surface area contributed by atoms with Crippen LogP contribution in [-0.4, -0.2) is 48.7 Å². The van der Waals surface area contributed by atoms with Gasteiger partial charge in [-0.2, -0.15) is 0 Å². The Labute approximate surface area is 163 Å². The van der Waals surface area contributed by atoms with Crippen LogP contribution in [0.5, 0.6) is 0 Å². The van der Waals surface area contributed by atoms with Crippen LogP contribution in [0.4, 0.5) is 0 Å². The molecular weight excluding hydrogens is 348 g/mol. The molecule has 0 aromatic heterocycles. The van der Waals surface area contributed by atoms with Crippen LogP contribution in [0.2, 0.25) is 0 Å². The molecule has 26 heavy (non-hydrogen) atoms.